The number of esters is 1. The topological polar surface area (TPSA) is 65.6 Å². The van der Waals surface area contributed by atoms with E-state index in [-0.39, 0.29) is 12.2 Å². The lowest BCUT2D eigenvalue weighted by molar-refractivity contribution is -0.139. The quantitative estimate of drug-likeness (QED) is 0.153. The van der Waals surface area contributed by atoms with E-state index in [1.807, 2.05) is 66.9 Å². The highest BCUT2D eigenvalue weighted by molar-refractivity contribution is 7.98. The van der Waals surface area contributed by atoms with Gasteiger partial charge in [-0.25, -0.2) is 9.79 Å². The average molecular weight is 628 g/mol. The third-order valence-corrected chi connectivity index (χ3v) is 9.70. The van der Waals surface area contributed by atoms with Gasteiger partial charge in [0.2, 0.25) is 0 Å². The number of thioether (sulfide) groups is 1. The Morgan fingerprint density at radius 3 is 2.58 bits per heavy atom. The third kappa shape index (κ3) is 5.39. The van der Waals surface area contributed by atoms with E-state index in [4.69, 9.17) is 21.3 Å². The summed E-state index contributed by atoms with van der Waals surface area (Å²) in [5.41, 5.74) is 5.76. The van der Waals surface area contributed by atoms with Crippen LogP contribution in [0.2, 0.25) is 5.02 Å². The van der Waals surface area contributed by atoms with Crippen LogP contribution in [0.1, 0.15) is 42.3 Å². The fourth-order valence-electron chi connectivity index (χ4n) is 5.69. The minimum Gasteiger partial charge on any atom is -0.463 e. The van der Waals surface area contributed by atoms with Crippen LogP contribution in [0, 0.1) is 6.92 Å². The number of halogens is 1. The Hall–Kier alpha value is -3.85. The van der Waals surface area contributed by atoms with Gasteiger partial charge in [0.15, 0.2) is 4.80 Å². The van der Waals surface area contributed by atoms with E-state index >= 15 is 0 Å². The molecular weight excluding hydrogens is 598 g/mol. The van der Waals surface area contributed by atoms with Crippen LogP contribution < -0.4 is 14.9 Å². The van der Waals surface area contributed by atoms with Gasteiger partial charge >= 0.3 is 5.97 Å². The van der Waals surface area contributed by atoms with Crippen molar-refractivity contribution in [2.45, 2.75) is 38.3 Å². The fraction of sp³-hybridized carbons (Fsp3) is 0.206. The van der Waals surface area contributed by atoms with E-state index in [1.54, 1.807) is 30.2 Å². The highest BCUT2D eigenvalue weighted by Gasteiger charge is 2.33. The third-order valence-electron chi connectivity index (χ3n) is 7.73. The summed E-state index contributed by atoms with van der Waals surface area (Å²) in [5.74, 6) is -0.461. The first-order valence-electron chi connectivity index (χ1n) is 14.0. The Labute approximate surface area is 262 Å². The van der Waals surface area contributed by atoms with Gasteiger partial charge in [0.1, 0.15) is 0 Å². The number of benzene rings is 3. The number of fused-ring (bicyclic) bond motifs is 2. The highest BCUT2D eigenvalue weighted by atomic mass is 35.5. The molecule has 6 rings (SSSR count). The van der Waals surface area contributed by atoms with E-state index in [0.29, 0.717) is 32.2 Å². The molecule has 0 saturated heterocycles. The monoisotopic (exact) mass is 627 g/mol. The lowest BCUT2D eigenvalue weighted by atomic mass is 9.96. The van der Waals surface area contributed by atoms with Crippen molar-refractivity contribution in [2.24, 2.45) is 4.99 Å². The summed E-state index contributed by atoms with van der Waals surface area (Å²) in [6.07, 6.45) is 3.98. The van der Waals surface area contributed by atoms with Crippen molar-refractivity contribution in [2.75, 3.05) is 12.9 Å². The summed E-state index contributed by atoms with van der Waals surface area (Å²) in [6.45, 7) is 6.54. The number of para-hydroxylation sites is 1. The Bertz CT molecular complexity index is 2090. The van der Waals surface area contributed by atoms with Crippen molar-refractivity contribution in [1.29, 1.82) is 0 Å². The van der Waals surface area contributed by atoms with Crippen molar-refractivity contribution in [1.82, 2.24) is 9.13 Å². The van der Waals surface area contributed by atoms with E-state index in [2.05, 4.69) is 29.7 Å². The summed E-state index contributed by atoms with van der Waals surface area (Å²) < 4.78 is 9.89. The van der Waals surface area contributed by atoms with Crippen LogP contribution in [0.3, 0.4) is 0 Å². The number of hydrogen-bond donors (Lipinski definition) is 0. The summed E-state index contributed by atoms with van der Waals surface area (Å²) in [5, 5.41) is 1.75. The summed E-state index contributed by atoms with van der Waals surface area (Å²) in [6, 6.07) is 23.4. The second-order valence-corrected chi connectivity index (χ2v) is 12.6. The molecule has 0 unspecified atom stereocenters. The summed E-state index contributed by atoms with van der Waals surface area (Å²) in [7, 11) is 0. The maximum absolute atomic E-state index is 14.2. The minimum absolute atomic E-state index is 0.192. The molecule has 9 heteroatoms. The molecule has 0 amide bonds. The van der Waals surface area contributed by atoms with Crippen LogP contribution in [0.25, 0.3) is 17.0 Å². The smallest absolute Gasteiger partial charge is 0.338 e. The molecule has 0 fully saturated rings. The van der Waals surface area contributed by atoms with Crippen molar-refractivity contribution >= 4 is 57.6 Å². The standard InChI is InChI=1S/C34H30ClN3O3S2/c1-5-41-33(40)30-20(2)36-34-38(31(30)23-13-15-25(42-4)16-14-23)32(39)29(43-34)18-27-21(3)37(28-12-7-6-11-26(27)28)19-22-9-8-10-24(35)17-22/h6-18,31H,5,19H2,1-4H3/b29-18-/t31-/m0/s1. The van der Waals surface area contributed by atoms with Gasteiger partial charge in [-0.2, -0.15) is 0 Å². The largest absolute Gasteiger partial charge is 0.463 e. The minimum atomic E-state index is -0.640. The molecule has 6 nitrogen and oxygen atoms in total. The number of thiazole rings is 1. The average Bonchev–Trinajstić information content (AvgIpc) is 3.45. The van der Waals surface area contributed by atoms with Gasteiger partial charge in [-0.15, -0.1) is 11.8 Å². The second-order valence-electron chi connectivity index (χ2n) is 10.3. The van der Waals surface area contributed by atoms with Crippen LogP contribution in [0.4, 0.5) is 0 Å². The van der Waals surface area contributed by atoms with Gasteiger partial charge in [-0.05, 0) is 74.6 Å². The molecule has 0 spiro atoms. The predicted octanol–water partition coefficient (Wildman–Crippen LogP) is 6.49. The molecule has 1 aliphatic rings. The molecule has 3 aromatic carbocycles. The molecule has 0 radical (unpaired) electrons. The molecule has 0 bridgehead atoms. The molecule has 0 saturated carbocycles. The number of nitrogens with zero attached hydrogens (tertiary/aromatic N) is 3. The molecule has 218 valence electrons. The van der Waals surface area contributed by atoms with Crippen molar-refractivity contribution < 1.29 is 9.53 Å². The van der Waals surface area contributed by atoms with E-state index in [0.717, 1.165) is 38.2 Å². The number of hydrogen-bond acceptors (Lipinski definition) is 6. The zero-order valence-electron chi connectivity index (χ0n) is 24.3. The molecule has 1 atom stereocenters. The number of carbonyl (C=O) groups is 1. The first kappa shape index (κ1) is 29.2. The Morgan fingerprint density at radius 1 is 1.09 bits per heavy atom. The predicted molar refractivity (Wildman–Crippen MR) is 176 cm³/mol. The molecule has 2 aromatic heterocycles. The first-order chi connectivity index (χ1) is 20.8. The lowest BCUT2D eigenvalue weighted by Crippen LogP contribution is -2.39. The molecule has 0 aliphatic carbocycles. The lowest BCUT2D eigenvalue weighted by Gasteiger charge is -2.24. The number of ether oxygens (including phenoxy) is 1. The van der Waals surface area contributed by atoms with Gasteiger partial charge in [-0.1, -0.05) is 65.4 Å². The van der Waals surface area contributed by atoms with Gasteiger partial charge in [0, 0.05) is 38.6 Å². The van der Waals surface area contributed by atoms with Crippen LogP contribution in [-0.2, 0) is 16.1 Å². The van der Waals surface area contributed by atoms with Crippen LogP contribution >= 0.6 is 34.7 Å². The molecular formula is C34H30ClN3O3S2. The molecule has 0 N–H and O–H groups in total. The Balaban J connectivity index is 1.54. The fourth-order valence-corrected chi connectivity index (χ4v) is 7.34. The highest BCUT2D eigenvalue weighted by Crippen LogP contribution is 2.32. The van der Waals surface area contributed by atoms with Crippen LogP contribution in [-0.4, -0.2) is 28.0 Å². The Morgan fingerprint density at radius 2 is 1.86 bits per heavy atom. The van der Waals surface area contributed by atoms with E-state index in [1.165, 1.54) is 11.3 Å². The van der Waals surface area contributed by atoms with Gasteiger partial charge < -0.3 is 9.30 Å². The number of carbonyl (C=O) groups excluding carboxylic acids is 1. The van der Waals surface area contributed by atoms with Crippen LogP contribution in [0.15, 0.2) is 98.7 Å². The van der Waals surface area contributed by atoms with Crippen molar-refractivity contribution in [3.63, 3.8) is 0 Å². The van der Waals surface area contributed by atoms with Crippen molar-refractivity contribution in [3.05, 3.63) is 131 Å². The van der Waals surface area contributed by atoms with E-state index < -0.39 is 12.0 Å². The Kier molecular flexibility index (Phi) is 8.18. The molecule has 1 aliphatic heterocycles. The first-order valence-corrected chi connectivity index (χ1v) is 16.4. The second kappa shape index (κ2) is 12.0. The maximum Gasteiger partial charge on any atom is 0.338 e. The zero-order valence-corrected chi connectivity index (χ0v) is 26.6. The molecule has 43 heavy (non-hydrogen) atoms. The number of allylic oxidation sites excluding steroid dienone is 1. The number of aromatic nitrogens is 2. The van der Waals surface area contributed by atoms with Crippen LogP contribution in [0.5, 0.6) is 0 Å². The molecule has 3 heterocycles. The van der Waals surface area contributed by atoms with Gasteiger partial charge in [0.05, 0.1) is 28.5 Å². The molecule has 5 aromatic rings. The normalized spacial score (nSPS) is 15.1. The van der Waals surface area contributed by atoms with Crippen molar-refractivity contribution in [3.8, 4) is 0 Å². The van der Waals surface area contributed by atoms with Gasteiger partial charge in [0.25, 0.3) is 5.56 Å². The SMILES string of the molecule is CCOC(=O)C1=C(C)N=c2s/c(=C\c3c(C)n(Cc4cccc(Cl)c4)c4ccccc34)c(=O)n2[C@H]1c1ccc(SC)cc1. The maximum atomic E-state index is 14.2. The van der Waals surface area contributed by atoms with E-state index in [9.17, 15) is 9.59 Å². The summed E-state index contributed by atoms with van der Waals surface area (Å²) in [4.78, 5) is 33.8. The van der Waals surface area contributed by atoms with Gasteiger partial charge in [-0.3, -0.25) is 9.36 Å². The summed E-state index contributed by atoms with van der Waals surface area (Å²) >= 11 is 9.26. The zero-order chi connectivity index (χ0) is 30.2. The number of rotatable bonds is 7.